The van der Waals surface area contributed by atoms with E-state index >= 15 is 0 Å². The lowest BCUT2D eigenvalue weighted by Gasteiger charge is -2.29. The van der Waals surface area contributed by atoms with Gasteiger partial charge in [-0.05, 0) is 30.7 Å². The summed E-state index contributed by atoms with van der Waals surface area (Å²) >= 11 is 1.46. The van der Waals surface area contributed by atoms with Crippen molar-refractivity contribution in [3.05, 3.63) is 58.1 Å². The summed E-state index contributed by atoms with van der Waals surface area (Å²) in [7, 11) is 0. The van der Waals surface area contributed by atoms with Gasteiger partial charge in [0.15, 0.2) is 5.13 Å². The van der Waals surface area contributed by atoms with E-state index in [0.717, 1.165) is 41.2 Å². The zero-order valence-corrected chi connectivity index (χ0v) is 19.3. The number of nitrogens with zero attached hydrogens (tertiary/aromatic N) is 4. The average molecular weight is 471 g/mol. The first-order chi connectivity index (χ1) is 16.0. The molecule has 0 radical (unpaired) electrons. The summed E-state index contributed by atoms with van der Waals surface area (Å²) in [6.07, 6.45) is 0.140. The number of nitro groups is 1. The van der Waals surface area contributed by atoms with Crippen LogP contribution in [0.3, 0.4) is 0 Å². The molecule has 0 aliphatic carbocycles. The van der Waals surface area contributed by atoms with Crippen LogP contribution in [0, 0.1) is 10.1 Å². The van der Waals surface area contributed by atoms with Gasteiger partial charge in [-0.25, -0.2) is 4.98 Å². The van der Waals surface area contributed by atoms with Gasteiger partial charge in [0.05, 0.1) is 41.4 Å². The Morgan fingerprint density at radius 2 is 2.00 bits per heavy atom. The SMILES string of the molecule is CCOc1ccc2nc(N(CCN3CCOCC3)C(=O)Cc3ccc([N+](=O)[O-])cc3)sc2c1. The number of benzene rings is 2. The van der Waals surface area contributed by atoms with Crippen LogP contribution in [0.25, 0.3) is 10.2 Å². The second-order valence-corrected chi connectivity index (χ2v) is 8.67. The summed E-state index contributed by atoms with van der Waals surface area (Å²) in [6.45, 7) is 6.79. The van der Waals surface area contributed by atoms with Crippen molar-refractivity contribution in [2.75, 3.05) is 50.9 Å². The van der Waals surface area contributed by atoms with Crippen LogP contribution in [0.5, 0.6) is 5.75 Å². The molecule has 1 aromatic heterocycles. The number of non-ortho nitro benzene ring substituents is 1. The molecule has 0 bridgehead atoms. The summed E-state index contributed by atoms with van der Waals surface area (Å²) in [5.74, 6) is 0.679. The van der Waals surface area contributed by atoms with E-state index in [1.165, 1.54) is 23.5 Å². The summed E-state index contributed by atoms with van der Waals surface area (Å²) in [4.78, 5) is 32.5. The molecule has 1 saturated heterocycles. The molecule has 0 saturated carbocycles. The lowest BCUT2D eigenvalue weighted by atomic mass is 10.1. The largest absolute Gasteiger partial charge is 0.494 e. The highest BCUT2D eigenvalue weighted by Crippen LogP contribution is 2.32. The second kappa shape index (κ2) is 10.7. The molecule has 1 amide bonds. The van der Waals surface area contributed by atoms with Crippen LogP contribution in [-0.4, -0.2) is 66.7 Å². The van der Waals surface area contributed by atoms with Crippen molar-refractivity contribution in [2.24, 2.45) is 0 Å². The molecule has 3 aromatic rings. The number of ether oxygens (including phenoxy) is 2. The molecule has 174 valence electrons. The Morgan fingerprint density at radius 1 is 1.24 bits per heavy atom. The van der Waals surface area contributed by atoms with Crippen molar-refractivity contribution < 1.29 is 19.2 Å². The highest BCUT2D eigenvalue weighted by atomic mass is 32.1. The lowest BCUT2D eigenvalue weighted by molar-refractivity contribution is -0.384. The van der Waals surface area contributed by atoms with E-state index in [1.807, 2.05) is 25.1 Å². The number of thiazole rings is 1. The molecule has 1 fully saturated rings. The van der Waals surface area contributed by atoms with E-state index in [1.54, 1.807) is 17.0 Å². The zero-order valence-electron chi connectivity index (χ0n) is 18.4. The van der Waals surface area contributed by atoms with Crippen molar-refractivity contribution in [1.29, 1.82) is 0 Å². The molecule has 0 atom stereocenters. The summed E-state index contributed by atoms with van der Waals surface area (Å²) < 4.78 is 12.0. The number of fused-ring (bicyclic) bond motifs is 1. The lowest BCUT2D eigenvalue weighted by Crippen LogP contribution is -2.43. The van der Waals surface area contributed by atoms with Gasteiger partial charge in [-0.1, -0.05) is 23.5 Å². The first-order valence-corrected chi connectivity index (χ1v) is 11.7. The zero-order chi connectivity index (χ0) is 23.2. The van der Waals surface area contributed by atoms with Gasteiger partial charge >= 0.3 is 0 Å². The minimum Gasteiger partial charge on any atom is -0.494 e. The van der Waals surface area contributed by atoms with Crippen molar-refractivity contribution in [3.8, 4) is 5.75 Å². The minimum absolute atomic E-state index is 0.00616. The molecule has 0 N–H and O–H groups in total. The van der Waals surface area contributed by atoms with Gasteiger partial charge < -0.3 is 9.47 Å². The van der Waals surface area contributed by atoms with E-state index in [9.17, 15) is 14.9 Å². The normalized spacial score (nSPS) is 14.3. The Hall–Kier alpha value is -3.08. The first-order valence-electron chi connectivity index (χ1n) is 10.9. The minimum atomic E-state index is -0.447. The highest BCUT2D eigenvalue weighted by molar-refractivity contribution is 7.22. The van der Waals surface area contributed by atoms with Gasteiger partial charge in [-0.15, -0.1) is 0 Å². The maximum Gasteiger partial charge on any atom is 0.269 e. The van der Waals surface area contributed by atoms with Crippen LogP contribution < -0.4 is 9.64 Å². The number of amides is 1. The number of hydrogen-bond acceptors (Lipinski definition) is 8. The summed E-state index contributed by atoms with van der Waals surface area (Å²) in [5.41, 5.74) is 1.55. The van der Waals surface area contributed by atoms with E-state index in [-0.39, 0.29) is 18.0 Å². The molecular weight excluding hydrogens is 444 g/mol. The van der Waals surface area contributed by atoms with Crippen molar-refractivity contribution in [3.63, 3.8) is 0 Å². The summed E-state index contributed by atoms with van der Waals surface area (Å²) in [5, 5.41) is 11.6. The maximum absolute atomic E-state index is 13.3. The van der Waals surface area contributed by atoms with Gasteiger partial charge in [0.1, 0.15) is 5.75 Å². The number of anilines is 1. The number of morpholine rings is 1. The van der Waals surface area contributed by atoms with E-state index in [0.29, 0.717) is 31.5 Å². The molecule has 4 rings (SSSR count). The standard InChI is InChI=1S/C23H26N4O5S/c1-2-32-19-7-8-20-21(16-19)33-23(24-20)26(10-9-25-11-13-31-14-12-25)22(28)15-17-3-5-18(6-4-17)27(29)30/h3-8,16H,2,9-15H2,1H3. The third-order valence-corrected chi connectivity index (χ3v) is 6.48. The molecule has 1 aliphatic rings. The Labute approximate surface area is 195 Å². The number of nitro benzene ring substituents is 1. The van der Waals surface area contributed by atoms with Crippen LogP contribution in [0.2, 0.25) is 0 Å². The van der Waals surface area contributed by atoms with Crippen LogP contribution in [-0.2, 0) is 16.0 Å². The van der Waals surface area contributed by atoms with Crippen molar-refractivity contribution in [1.82, 2.24) is 9.88 Å². The fourth-order valence-corrected chi connectivity index (χ4v) is 4.70. The van der Waals surface area contributed by atoms with Gasteiger partial charge in [0.25, 0.3) is 5.69 Å². The third kappa shape index (κ3) is 5.84. The Balaban J connectivity index is 1.55. The van der Waals surface area contributed by atoms with Gasteiger partial charge in [0.2, 0.25) is 5.91 Å². The fraction of sp³-hybridized carbons (Fsp3) is 0.391. The maximum atomic E-state index is 13.3. The Kier molecular flexibility index (Phi) is 7.48. The van der Waals surface area contributed by atoms with E-state index in [2.05, 4.69) is 4.90 Å². The molecule has 2 heterocycles. The number of carbonyl (C=O) groups excluding carboxylic acids is 1. The van der Waals surface area contributed by atoms with Gasteiger partial charge in [-0.2, -0.15) is 0 Å². The predicted molar refractivity (Wildman–Crippen MR) is 127 cm³/mol. The van der Waals surface area contributed by atoms with Crippen LogP contribution >= 0.6 is 11.3 Å². The quantitative estimate of drug-likeness (QED) is 0.349. The number of carbonyl (C=O) groups is 1. The van der Waals surface area contributed by atoms with Crippen LogP contribution in [0.4, 0.5) is 10.8 Å². The number of rotatable bonds is 9. The smallest absolute Gasteiger partial charge is 0.269 e. The highest BCUT2D eigenvalue weighted by Gasteiger charge is 2.22. The number of aromatic nitrogens is 1. The van der Waals surface area contributed by atoms with E-state index < -0.39 is 4.92 Å². The van der Waals surface area contributed by atoms with Crippen LogP contribution in [0.15, 0.2) is 42.5 Å². The van der Waals surface area contributed by atoms with Crippen molar-refractivity contribution >= 4 is 38.3 Å². The fourth-order valence-electron chi connectivity index (χ4n) is 3.66. The topological polar surface area (TPSA) is 98.0 Å². The molecule has 2 aromatic carbocycles. The Morgan fingerprint density at radius 3 is 2.70 bits per heavy atom. The predicted octanol–water partition coefficient (Wildman–Crippen LogP) is 3.51. The summed E-state index contributed by atoms with van der Waals surface area (Å²) in [6, 6.07) is 11.8. The number of hydrogen-bond donors (Lipinski definition) is 0. The molecule has 9 nitrogen and oxygen atoms in total. The average Bonchev–Trinajstić information content (AvgIpc) is 3.23. The van der Waals surface area contributed by atoms with E-state index in [4.69, 9.17) is 14.5 Å². The van der Waals surface area contributed by atoms with Gasteiger partial charge in [0, 0.05) is 38.3 Å². The second-order valence-electron chi connectivity index (χ2n) is 7.66. The molecule has 0 spiro atoms. The molecule has 33 heavy (non-hydrogen) atoms. The molecule has 10 heteroatoms. The van der Waals surface area contributed by atoms with Gasteiger partial charge in [-0.3, -0.25) is 24.7 Å². The molecule has 1 aliphatic heterocycles. The third-order valence-electron chi connectivity index (χ3n) is 5.44. The molecular formula is C23H26N4O5S. The van der Waals surface area contributed by atoms with Crippen LogP contribution in [0.1, 0.15) is 12.5 Å². The van der Waals surface area contributed by atoms with Crippen molar-refractivity contribution in [2.45, 2.75) is 13.3 Å². The molecule has 0 unspecified atom stereocenters. The Bertz CT molecular complexity index is 1110. The first kappa shape index (κ1) is 23.1. The monoisotopic (exact) mass is 470 g/mol.